The lowest BCUT2D eigenvalue weighted by Crippen LogP contribution is -2.40. The molecule has 6 nitrogen and oxygen atoms in total. The Kier molecular flexibility index (Phi) is 5.21. The largest absolute Gasteiger partial charge is 0.409 e. The monoisotopic (exact) mass is 382 g/mol. The first-order valence-electron chi connectivity index (χ1n) is 8.83. The van der Waals surface area contributed by atoms with E-state index in [0.717, 1.165) is 37.3 Å². The van der Waals surface area contributed by atoms with Gasteiger partial charge in [-0.05, 0) is 37.4 Å². The lowest BCUT2D eigenvalue weighted by Gasteiger charge is -2.36. The maximum absolute atomic E-state index is 6.39. The van der Waals surface area contributed by atoms with E-state index in [1.807, 2.05) is 0 Å². The van der Waals surface area contributed by atoms with E-state index in [-0.39, 0.29) is 11.3 Å². The summed E-state index contributed by atoms with van der Waals surface area (Å²) in [5, 5.41) is 0.510. The van der Waals surface area contributed by atoms with Gasteiger partial charge in [-0.1, -0.05) is 32.4 Å². The number of imidazole rings is 1. The molecule has 3 heterocycles. The van der Waals surface area contributed by atoms with Gasteiger partial charge in [0.15, 0.2) is 19.1 Å². The van der Waals surface area contributed by atoms with Crippen molar-refractivity contribution in [2.24, 2.45) is 0 Å². The third-order valence-electron chi connectivity index (χ3n) is 5.32. The van der Waals surface area contributed by atoms with Crippen molar-refractivity contribution in [1.29, 1.82) is 0 Å². The summed E-state index contributed by atoms with van der Waals surface area (Å²) in [5.41, 5.74) is 1.34. The zero-order chi connectivity index (χ0) is 18.2. The summed E-state index contributed by atoms with van der Waals surface area (Å²) in [5.74, 6) is 0.814. The third kappa shape index (κ3) is 3.74. The molecule has 0 amide bonds. The highest BCUT2D eigenvalue weighted by Gasteiger charge is 2.37. The van der Waals surface area contributed by atoms with Crippen molar-refractivity contribution in [3.05, 3.63) is 17.3 Å². The summed E-state index contributed by atoms with van der Waals surface area (Å²) in [6, 6.07) is 0. The zero-order valence-electron chi connectivity index (χ0n) is 15.7. The Bertz CT molecular complexity index is 751. The van der Waals surface area contributed by atoms with Crippen molar-refractivity contribution >= 4 is 31.1 Å². The van der Waals surface area contributed by atoms with Crippen LogP contribution >= 0.6 is 11.6 Å². The van der Waals surface area contributed by atoms with Gasteiger partial charge in [0.25, 0.3) is 0 Å². The summed E-state index contributed by atoms with van der Waals surface area (Å²) < 4.78 is 14.4. The summed E-state index contributed by atoms with van der Waals surface area (Å²) in [7, 11) is -1.89. The van der Waals surface area contributed by atoms with Crippen molar-refractivity contribution < 1.29 is 9.16 Å². The molecule has 0 aliphatic carbocycles. The third-order valence-corrected chi connectivity index (χ3v) is 10.1. The summed E-state index contributed by atoms with van der Waals surface area (Å²) in [6.07, 6.45) is 4.58. The Labute approximate surface area is 155 Å². The smallest absolute Gasteiger partial charge is 0.192 e. The van der Waals surface area contributed by atoms with E-state index in [1.54, 1.807) is 0 Å². The molecule has 1 saturated heterocycles. The molecular weight excluding hydrogens is 356 g/mol. The second kappa shape index (κ2) is 6.94. The Morgan fingerprint density at radius 3 is 2.72 bits per heavy atom. The minimum atomic E-state index is -1.89. The van der Waals surface area contributed by atoms with Gasteiger partial charge in [-0.3, -0.25) is 4.57 Å². The molecule has 2 aromatic rings. The number of ether oxygens (including phenoxy) is 1. The predicted molar refractivity (Wildman–Crippen MR) is 101 cm³/mol. The number of hydrogen-bond acceptors (Lipinski definition) is 5. The zero-order valence-corrected chi connectivity index (χ0v) is 17.4. The number of hydrogen-bond donors (Lipinski definition) is 0. The topological polar surface area (TPSA) is 62.1 Å². The van der Waals surface area contributed by atoms with Crippen LogP contribution < -0.4 is 0 Å². The highest BCUT2D eigenvalue weighted by Crippen LogP contribution is 2.37. The maximum atomic E-state index is 6.39. The number of halogens is 1. The van der Waals surface area contributed by atoms with Crippen molar-refractivity contribution in [2.45, 2.75) is 71.0 Å². The van der Waals surface area contributed by atoms with Crippen LogP contribution in [0.15, 0.2) is 6.33 Å². The summed E-state index contributed by atoms with van der Waals surface area (Å²) in [6.45, 7) is 12.4. The summed E-state index contributed by atoms with van der Waals surface area (Å²) in [4.78, 5) is 13.2. The van der Waals surface area contributed by atoms with Gasteiger partial charge in [0.2, 0.25) is 0 Å². The Morgan fingerprint density at radius 1 is 1.32 bits per heavy atom. The van der Waals surface area contributed by atoms with Gasteiger partial charge in [0.1, 0.15) is 23.9 Å². The molecule has 0 spiro atoms. The standard InChI is InChI=1S/C17H27ClN4O2Si/c1-17(2,3)25(4,5)24-10-12-21-14-15(18)19-11-20-16(14)22(12)13-8-6-7-9-23-13/h11,13H,6-10H2,1-5H3. The molecule has 3 rings (SSSR count). The summed E-state index contributed by atoms with van der Waals surface area (Å²) >= 11 is 6.24. The van der Waals surface area contributed by atoms with E-state index in [4.69, 9.17) is 25.7 Å². The fourth-order valence-corrected chi connectivity index (χ4v) is 3.81. The molecule has 0 radical (unpaired) electrons. The molecule has 0 bridgehead atoms. The number of nitrogens with zero attached hydrogens (tertiary/aromatic N) is 4. The molecule has 2 aromatic heterocycles. The number of fused-ring (bicyclic) bond motifs is 1. The Hall–Kier alpha value is -1.02. The van der Waals surface area contributed by atoms with Crippen LogP contribution in [0.25, 0.3) is 11.2 Å². The van der Waals surface area contributed by atoms with E-state index >= 15 is 0 Å². The van der Waals surface area contributed by atoms with Crippen LogP contribution in [-0.2, 0) is 15.8 Å². The average Bonchev–Trinajstić information content (AvgIpc) is 2.93. The maximum Gasteiger partial charge on any atom is 0.192 e. The Morgan fingerprint density at radius 2 is 2.08 bits per heavy atom. The lowest BCUT2D eigenvalue weighted by molar-refractivity contribution is -0.0327. The molecule has 1 unspecified atom stereocenters. The Balaban J connectivity index is 1.97. The minimum Gasteiger partial charge on any atom is -0.409 e. The first kappa shape index (κ1) is 18.8. The molecule has 1 aliphatic heterocycles. The van der Waals surface area contributed by atoms with Gasteiger partial charge in [-0.15, -0.1) is 0 Å². The molecule has 25 heavy (non-hydrogen) atoms. The first-order chi connectivity index (χ1) is 11.7. The molecule has 1 fully saturated rings. The minimum absolute atomic E-state index is 0.0669. The fraction of sp³-hybridized carbons (Fsp3) is 0.706. The van der Waals surface area contributed by atoms with Crippen molar-refractivity contribution in [3.63, 3.8) is 0 Å². The van der Waals surface area contributed by atoms with Gasteiger partial charge in [0.05, 0.1) is 6.61 Å². The van der Waals surface area contributed by atoms with Crippen LogP contribution in [0.2, 0.25) is 23.3 Å². The first-order valence-corrected chi connectivity index (χ1v) is 12.1. The van der Waals surface area contributed by atoms with Crippen LogP contribution in [0, 0.1) is 0 Å². The fourth-order valence-electron chi connectivity index (χ4n) is 2.72. The van der Waals surface area contributed by atoms with Gasteiger partial charge >= 0.3 is 0 Å². The molecule has 1 aliphatic rings. The molecular formula is C17H27ClN4O2Si. The predicted octanol–water partition coefficient (Wildman–Crippen LogP) is 4.70. The lowest BCUT2D eigenvalue weighted by atomic mass is 10.2. The van der Waals surface area contributed by atoms with E-state index < -0.39 is 8.32 Å². The average molecular weight is 383 g/mol. The number of rotatable bonds is 4. The van der Waals surface area contributed by atoms with Gasteiger partial charge in [-0.2, -0.15) is 0 Å². The van der Waals surface area contributed by atoms with Crippen LogP contribution in [0.3, 0.4) is 0 Å². The van der Waals surface area contributed by atoms with Gasteiger partial charge in [-0.25, -0.2) is 15.0 Å². The second-order valence-electron chi connectivity index (χ2n) is 8.10. The quantitative estimate of drug-likeness (QED) is 0.566. The van der Waals surface area contributed by atoms with Gasteiger partial charge in [0, 0.05) is 6.61 Å². The van der Waals surface area contributed by atoms with Crippen LogP contribution in [0.1, 0.15) is 52.1 Å². The molecule has 1 atom stereocenters. The van der Waals surface area contributed by atoms with E-state index in [1.165, 1.54) is 6.33 Å². The molecule has 8 heteroatoms. The van der Waals surface area contributed by atoms with E-state index in [2.05, 4.69) is 48.4 Å². The second-order valence-corrected chi connectivity index (χ2v) is 13.3. The molecule has 0 N–H and O–H groups in total. The SMILES string of the molecule is CC(C)(C)[Si](C)(C)OCc1nc2c(Cl)ncnc2n1C1CCCCO1. The van der Waals surface area contributed by atoms with Crippen LogP contribution in [0.4, 0.5) is 0 Å². The molecule has 0 aromatic carbocycles. The van der Waals surface area contributed by atoms with Crippen LogP contribution in [-0.4, -0.2) is 34.4 Å². The highest BCUT2D eigenvalue weighted by atomic mass is 35.5. The van der Waals surface area contributed by atoms with Crippen LogP contribution in [0.5, 0.6) is 0 Å². The van der Waals surface area contributed by atoms with Crippen molar-refractivity contribution in [2.75, 3.05) is 6.61 Å². The van der Waals surface area contributed by atoms with Crippen molar-refractivity contribution in [3.8, 4) is 0 Å². The van der Waals surface area contributed by atoms with Crippen molar-refractivity contribution in [1.82, 2.24) is 19.5 Å². The normalized spacial score (nSPS) is 19.5. The number of aromatic nitrogens is 4. The van der Waals surface area contributed by atoms with E-state index in [0.29, 0.717) is 17.3 Å². The highest BCUT2D eigenvalue weighted by molar-refractivity contribution is 6.74. The molecule has 0 saturated carbocycles. The van der Waals surface area contributed by atoms with Gasteiger partial charge < -0.3 is 9.16 Å². The van der Waals surface area contributed by atoms with E-state index in [9.17, 15) is 0 Å². The molecule has 138 valence electrons.